The molecule has 1 aromatic carbocycles. The average molecular weight is 400 g/mol. The second-order valence-electron chi connectivity index (χ2n) is 6.81. The van der Waals surface area contributed by atoms with Crippen LogP contribution >= 0.6 is 12.4 Å². The number of carbonyl (C=O) groups is 1. The lowest BCUT2D eigenvalue weighted by atomic mass is 9.89. The third kappa shape index (κ3) is 4.88. The van der Waals surface area contributed by atoms with Gasteiger partial charge in [-0.2, -0.15) is 0 Å². The molecule has 1 N–H and O–H groups in total. The van der Waals surface area contributed by atoms with Gasteiger partial charge in [-0.3, -0.25) is 14.9 Å². The average Bonchev–Trinajstić information content (AvgIpc) is 2.69. The Morgan fingerprint density at radius 2 is 1.81 bits per heavy atom. The summed E-state index contributed by atoms with van der Waals surface area (Å²) in [5.74, 6) is 0.697. The number of likely N-dealkylation sites (tertiary alicyclic amines) is 1. The van der Waals surface area contributed by atoms with Crippen LogP contribution in [0.4, 0.5) is 5.69 Å². The lowest BCUT2D eigenvalue weighted by Crippen LogP contribution is -2.57. The lowest BCUT2D eigenvalue weighted by Gasteiger charge is -2.41. The van der Waals surface area contributed by atoms with Gasteiger partial charge in [-0.25, -0.2) is 0 Å². The second kappa shape index (κ2) is 9.34. The largest absolute Gasteiger partial charge is 0.490 e. The number of hydrogen-bond acceptors (Lipinski definition) is 6. The first-order chi connectivity index (χ1) is 12.5. The standard InChI is InChI=1S/C18H25N3O5.ClH/c1-25-18(8-10-19-11-9-18)17(22)20-12-6-16(7-13-20)26-15-4-2-14(3-5-15)21(23)24;/h2-5,16,19H,6-13H2,1H3;1H. The van der Waals surface area contributed by atoms with Crippen molar-refractivity contribution in [3.8, 4) is 5.75 Å². The molecule has 1 amide bonds. The van der Waals surface area contributed by atoms with Gasteiger partial charge in [0.2, 0.25) is 0 Å². The van der Waals surface area contributed by atoms with Crippen molar-refractivity contribution < 1.29 is 19.2 Å². The van der Waals surface area contributed by atoms with Gasteiger partial charge in [-0.15, -0.1) is 12.4 Å². The molecule has 27 heavy (non-hydrogen) atoms. The predicted molar refractivity (Wildman–Crippen MR) is 102 cm³/mol. The molecular formula is C18H26ClN3O5. The molecule has 2 aliphatic rings. The maximum atomic E-state index is 12.9. The van der Waals surface area contributed by atoms with Crippen molar-refractivity contribution in [1.82, 2.24) is 10.2 Å². The van der Waals surface area contributed by atoms with Crippen LogP contribution in [0.2, 0.25) is 0 Å². The van der Waals surface area contributed by atoms with Crippen molar-refractivity contribution in [3.05, 3.63) is 34.4 Å². The molecule has 0 atom stereocenters. The summed E-state index contributed by atoms with van der Waals surface area (Å²) in [6.45, 7) is 2.85. The van der Waals surface area contributed by atoms with E-state index in [1.807, 2.05) is 4.90 Å². The number of nitro benzene ring substituents is 1. The number of nitro groups is 1. The predicted octanol–water partition coefficient (Wildman–Crippen LogP) is 2.15. The van der Waals surface area contributed by atoms with E-state index < -0.39 is 10.5 Å². The number of amides is 1. The fraction of sp³-hybridized carbons (Fsp3) is 0.611. The first-order valence-electron chi connectivity index (χ1n) is 9.00. The second-order valence-corrected chi connectivity index (χ2v) is 6.81. The molecule has 150 valence electrons. The third-order valence-electron chi connectivity index (χ3n) is 5.27. The van der Waals surface area contributed by atoms with Gasteiger partial charge >= 0.3 is 0 Å². The molecule has 2 saturated heterocycles. The van der Waals surface area contributed by atoms with Crippen molar-refractivity contribution in [2.24, 2.45) is 0 Å². The van der Waals surface area contributed by atoms with Crippen LogP contribution < -0.4 is 10.1 Å². The van der Waals surface area contributed by atoms with Crippen LogP contribution in [0.1, 0.15) is 25.7 Å². The Morgan fingerprint density at radius 1 is 1.22 bits per heavy atom. The molecule has 2 fully saturated rings. The van der Waals surface area contributed by atoms with Crippen molar-refractivity contribution in [2.75, 3.05) is 33.3 Å². The molecule has 0 radical (unpaired) electrons. The van der Waals surface area contributed by atoms with Crippen LogP contribution in [0.25, 0.3) is 0 Å². The van der Waals surface area contributed by atoms with Crippen molar-refractivity contribution in [2.45, 2.75) is 37.4 Å². The number of ether oxygens (including phenoxy) is 2. The number of halogens is 1. The van der Waals surface area contributed by atoms with Crippen LogP contribution in [0.5, 0.6) is 5.75 Å². The molecule has 0 aromatic heterocycles. The Labute approximate surface area is 164 Å². The molecule has 2 heterocycles. The Morgan fingerprint density at radius 3 is 2.33 bits per heavy atom. The minimum absolute atomic E-state index is 0. The van der Waals surface area contributed by atoms with E-state index in [1.165, 1.54) is 12.1 Å². The summed E-state index contributed by atoms with van der Waals surface area (Å²) in [4.78, 5) is 25.1. The Hall–Kier alpha value is -1.90. The smallest absolute Gasteiger partial charge is 0.269 e. The van der Waals surface area contributed by atoms with Crippen molar-refractivity contribution in [3.63, 3.8) is 0 Å². The number of piperidine rings is 2. The highest BCUT2D eigenvalue weighted by molar-refractivity contribution is 5.86. The van der Waals surface area contributed by atoms with Gasteiger partial charge in [0.15, 0.2) is 0 Å². The molecule has 0 unspecified atom stereocenters. The van der Waals surface area contributed by atoms with Gasteiger partial charge < -0.3 is 19.7 Å². The lowest BCUT2D eigenvalue weighted by molar-refractivity contribution is -0.384. The number of hydrogen-bond donors (Lipinski definition) is 1. The number of non-ortho nitro benzene ring substituents is 1. The van der Waals surface area contributed by atoms with Crippen LogP contribution in [0.15, 0.2) is 24.3 Å². The molecule has 2 aliphatic heterocycles. The van der Waals surface area contributed by atoms with Crippen LogP contribution in [-0.2, 0) is 9.53 Å². The quantitative estimate of drug-likeness (QED) is 0.602. The first-order valence-corrected chi connectivity index (χ1v) is 9.00. The van der Waals surface area contributed by atoms with Crippen LogP contribution in [0.3, 0.4) is 0 Å². The van der Waals surface area contributed by atoms with Crippen LogP contribution in [0, 0.1) is 10.1 Å². The van der Waals surface area contributed by atoms with Crippen LogP contribution in [-0.4, -0.2) is 60.7 Å². The Kier molecular flexibility index (Phi) is 7.41. The van der Waals surface area contributed by atoms with E-state index in [4.69, 9.17) is 9.47 Å². The molecular weight excluding hydrogens is 374 g/mol. The van der Waals surface area contributed by atoms with Gasteiger partial charge in [0.1, 0.15) is 17.5 Å². The number of methoxy groups -OCH3 is 1. The van der Waals surface area contributed by atoms with Gasteiger partial charge in [-0.1, -0.05) is 0 Å². The highest BCUT2D eigenvalue weighted by Gasteiger charge is 2.43. The van der Waals surface area contributed by atoms with Crippen molar-refractivity contribution in [1.29, 1.82) is 0 Å². The van der Waals surface area contributed by atoms with E-state index in [1.54, 1.807) is 19.2 Å². The Bertz CT molecular complexity index is 641. The van der Waals surface area contributed by atoms with Gasteiger partial charge in [0.05, 0.1) is 4.92 Å². The number of benzene rings is 1. The summed E-state index contributed by atoms with van der Waals surface area (Å²) < 4.78 is 11.5. The summed E-state index contributed by atoms with van der Waals surface area (Å²) in [6, 6.07) is 6.11. The summed E-state index contributed by atoms with van der Waals surface area (Å²) in [5.41, 5.74) is -0.651. The van der Waals surface area contributed by atoms with E-state index in [9.17, 15) is 14.9 Å². The molecule has 0 bridgehead atoms. The fourth-order valence-electron chi connectivity index (χ4n) is 3.64. The topological polar surface area (TPSA) is 93.9 Å². The van der Waals surface area contributed by atoms with E-state index >= 15 is 0 Å². The number of nitrogens with one attached hydrogen (secondary N) is 1. The minimum atomic E-state index is -0.697. The fourth-order valence-corrected chi connectivity index (χ4v) is 3.64. The number of rotatable bonds is 5. The highest BCUT2D eigenvalue weighted by atomic mass is 35.5. The van der Waals surface area contributed by atoms with Gasteiger partial charge in [-0.05, 0) is 38.1 Å². The van der Waals surface area contributed by atoms with Crippen molar-refractivity contribution >= 4 is 24.0 Å². The molecule has 3 rings (SSSR count). The molecule has 0 aliphatic carbocycles. The molecule has 0 spiro atoms. The maximum absolute atomic E-state index is 12.9. The number of carbonyl (C=O) groups excluding carboxylic acids is 1. The molecule has 1 aromatic rings. The highest BCUT2D eigenvalue weighted by Crippen LogP contribution is 2.28. The Balaban J connectivity index is 0.00000261. The summed E-state index contributed by atoms with van der Waals surface area (Å²) in [5, 5.41) is 14.0. The summed E-state index contributed by atoms with van der Waals surface area (Å²) in [7, 11) is 1.62. The maximum Gasteiger partial charge on any atom is 0.269 e. The SMILES string of the molecule is COC1(C(=O)N2CCC(Oc3ccc([N+](=O)[O-])cc3)CC2)CCNCC1.Cl. The van der Waals surface area contributed by atoms with E-state index in [-0.39, 0.29) is 30.1 Å². The zero-order valence-electron chi connectivity index (χ0n) is 15.4. The van der Waals surface area contributed by atoms with Gasteiger partial charge in [0, 0.05) is 45.2 Å². The molecule has 8 nitrogen and oxygen atoms in total. The van der Waals surface area contributed by atoms with E-state index in [0.29, 0.717) is 31.7 Å². The molecule has 9 heteroatoms. The minimum Gasteiger partial charge on any atom is -0.490 e. The zero-order chi connectivity index (χ0) is 18.6. The summed E-state index contributed by atoms with van der Waals surface area (Å²) >= 11 is 0. The molecule has 0 saturated carbocycles. The summed E-state index contributed by atoms with van der Waals surface area (Å²) in [6.07, 6.45) is 2.87. The number of nitrogens with zero attached hydrogens (tertiary/aromatic N) is 2. The zero-order valence-corrected chi connectivity index (χ0v) is 16.2. The first kappa shape index (κ1) is 21.4. The van der Waals surface area contributed by atoms with Gasteiger partial charge in [0.25, 0.3) is 11.6 Å². The van der Waals surface area contributed by atoms with E-state index in [2.05, 4.69) is 5.32 Å². The third-order valence-corrected chi connectivity index (χ3v) is 5.27. The van der Waals surface area contributed by atoms with E-state index in [0.717, 1.165) is 25.9 Å². The monoisotopic (exact) mass is 399 g/mol. The normalized spacial score (nSPS) is 19.8.